The average molecular weight is 276 g/mol. The van der Waals surface area contributed by atoms with Crippen molar-refractivity contribution in [2.75, 3.05) is 13.2 Å². The number of nitrogens with zero attached hydrogens (tertiary/aromatic N) is 1. The lowest BCUT2D eigenvalue weighted by Crippen LogP contribution is -2.53. The molecule has 19 heavy (non-hydrogen) atoms. The first-order valence-electron chi connectivity index (χ1n) is 7.08. The molecule has 0 spiro atoms. The summed E-state index contributed by atoms with van der Waals surface area (Å²) in [5.41, 5.74) is 0. The summed E-state index contributed by atoms with van der Waals surface area (Å²) < 4.78 is 26.6. The van der Waals surface area contributed by atoms with Crippen molar-refractivity contribution < 1.29 is 18.7 Å². The zero-order valence-corrected chi connectivity index (χ0v) is 11.1. The molecule has 2 aliphatic rings. The molecular formula is C13H22F2N2O2. The monoisotopic (exact) mass is 276 g/mol. The maximum absolute atomic E-state index is 13.3. The predicted molar refractivity (Wildman–Crippen MR) is 67.2 cm³/mol. The molecule has 0 radical (unpaired) electrons. The zero-order valence-electron chi connectivity index (χ0n) is 11.1. The third-order valence-corrected chi connectivity index (χ3v) is 4.08. The second kappa shape index (κ2) is 6.03. The van der Waals surface area contributed by atoms with Gasteiger partial charge in [-0.3, -0.25) is 0 Å². The standard InChI is InChI=1S/C13H22F2N2O2/c14-13(15)6-2-3-10(9-13)16-12(19)17(7-8-18)11-4-1-5-11/h10-11,18H,1-9H2,(H,16,19). The average Bonchev–Trinajstić information content (AvgIpc) is 2.24. The van der Waals surface area contributed by atoms with Crippen molar-refractivity contribution >= 4 is 6.03 Å². The van der Waals surface area contributed by atoms with Crippen LogP contribution < -0.4 is 5.32 Å². The van der Waals surface area contributed by atoms with E-state index in [4.69, 9.17) is 5.11 Å². The summed E-state index contributed by atoms with van der Waals surface area (Å²) in [5, 5.41) is 11.7. The van der Waals surface area contributed by atoms with Gasteiger partial charge in [-0.15, -0.1) is 0 Å². The summed E-state index contributed by atoms with van der Waals surface area (Å²) in [6.45, 7) is 0.185. The number of carbonyl (C=O) groups excluding carboxylic acids is 1. The van der Waals surface area contributed by atoms with Gasteiger partial charge in [0.25, 0.3) is 0 Å². The molecule has 1 unspecified atom stereocenters. The van der Waals surface area contributed by atoms with Crippen molar-refractivity contribution in [3.63, 3.8) is 0 Å². The van der Waals surface area contributed by atoms with Gasteiger partial charge < -0.3 is 15.3 Å². The summed E-state index contributed by atoms with van der Waals surface area (Å²) in [6, 6.07) is -0.588. The van der Waals surface area contributed by atoms with Crippen LogP contribution in [0, 0.1) is 0 Å². The second-order valence-corrected chi connectivity index (χ2v) is 5.60. The van der Waals surface area contributed by atoms with E-state index in [0.717, 1.165) is 19.3 Å². The van der Waals surface area contributed by atoms with Gasteiger partial charge in [0.2, 0.25) is 5.92 Å². The Balaban J connectivity index is 1.87. The Hall–Kier alpha value is -0.910. The fourth-order valence-electron chi connectivity index (χ4n) is 2.81. The topological polar surface area (TPSA) is 52.6 Å². The molecule has 6 heteroatoms. The summed E-state index contributed by atoms with van der Waals surface area (Å²) in [5.74, 6) is -2.66. The summed E-state index contributed by atoms with van der Waals surface area (Å²) in [7, 11) is 0. The van der Waals surface area contributed by atoms with Crippen molar-refractivity contribution in [1.82, 2.24) is 10.2 Å². The van der Waals surface area contributed by atoms with E-state index in [-0.39, 0.29) is 38.1 Å². The van der Waals surface area contributed by atoms with Crippen LogP contribution in [-0.2, 0) is 0 Å². The van der Waals surface area contributed by atoms with Crippen LogP contribution in [0.3, 0.4) is 0 Å². The minimum atomic E-state index is -2.66. The Morgan fingerprint density at radius 1 is 1.32 bits per heavy atom. The van der Waals surface area contributed by atoms with Gasteiger partial charge in [0, 0.05) is 31.5 Å². The number of aliphatic hydroxyl groups excluding tert-OH is 1. The number of urea groups is 1. The molecule has 2 rings (SSSR count). The molecule has 0 aromatic carbocycles. The number of aliphatic hydroxyl groups is 1. The van der Waals surface area contributed by atoms with E-state index in [2.05, 4.69) is 5.32 Å². The number of alkyl halides is 2. The van der Waals surface area contributed by atoms with Gasteiger partial charge in [-0.1, -0.05) is 0 Å². The zero-order chi connectivity index (χ0) is 13.9. The van der Waals surface area contributed by atoms with Crippen LogP contribution in [0.25, 0.3) is 0 Å². The highest BCUT2D eigenvalue weighted by Crippen LogP contribution is 2.33. The normalized spacial score (nSPS) is 26.6. The Labute approximate surface area is 112 Å². The molecule has 0 aromatic heterocycles. The van der Waals surface area contributed by atoms with Gasteiger partial charge in [0.1, 0.15) is 0 Å². The fourth-order valence-corrected chi connectivity index (χ4v) is 2.81. The Kier molecular flexibility index (Phi) is 4.60. The number of rotatable bonds is 4. The predicted octanol–water partition coefficient (Wildman–Crippen LogP) is 2.12. The highest BCUT2D eigenvalue weighted by atomic mass is 19.3. The maximum atomic E-state index is 13.3. The smallest absolute Gasteiger partial charge is 0.317 e. The molecule has 2 N–H and O–H groups in total. The van der Waals surface area contributed by atoms with Crippen LogP contribution in [0.5, 0.6) is 0 Å². The number of hydrogen-bond acceptors (Lipinski definition) is 2. The first kappa shape index (κ1) is 14.5. The van der Waals surface area contributed by atoms with Gasteiger partial charge in [0.05, 0.1) is 6.61 Å². The van der Waals surface area contributed by atoms with E-state index >= 15 is 0 Å². The van der Waals surface area contributed by atoms with E-state index in [1.807, 2.05) is 0 Å². The summed E-state index contributed by atoms with van der Waals surface area (Å²) in [4.78, 5) is 13.7. The van der Waals surface area contributed by atoms with Crippen molar-refractivity contribution in [2.45, 2.75) is 63.0 Å². The third-order valence-electron chi connectivity index (χ3n) is 4.08. The van der Waals surface area contributed by atoms with E-state index in [1.54, 1.807) is 4.90 Å². The molecule has 0 saturated heterocycles. The lowest BCUT2D eigenvalue weighted by molar-refractivity contribution is -0.0432. The highest BCUT2D eigenvalue weighted by molar-refractivity contribution is 5.75. The molecular weight excluding hydrogens is 254 g/mol. The highest BCUT2D eigenvalue weighted by Gasteiger charge is 2.38. The molecule has 110 valence electrons. The van der Waals surface area contributed by atoms with Gasteiger partial charge in [-0.05, 0) is 32.1 Å². The van der Waals surface area contributed by atoms with E-state index in [9.17, 15) is 13.6 Å². The van der Waals surface area contributed by atoms with Gasteiger partial charge in [-0.2, -0.15) is 0 Å². The van der Waals surface area contributed by atoms with Crippen LogP contribution in [0.2, 0.25) is 0 Å². The van der Waals surface area contributed by atoms with E-state index in [0.29, 0.717) is 12.8 Å². The van der Waals surface area contributed by atoms with Crippen molar-refractivity contribution in [2.24, 2.45) is 0 Å². The molecule has 2 saturated carbocycles. The fraction of sp³-hybridized carbons (Fsp3) is 0.923. The van der Waals surface area contributed by atoms with Crippen molar-refractivity contribution in [3.05, 3.63) is 0 Å². The van der Waals surface area contributed by atoms with Gasteiger partial charge in [0.15, 0.2) is 0 Å². The molecule has 1 atom stereocenters. The first-order chi connectivity index (χ1) is 9.02. The molecule has 2 fully saturated rings. The van der Waals surface area contributed by atoms with E-state index in [1.165, 1.54) is 0 Å². The number of halogens is 2. The lowest BCUT2D eigenvalue weighted by atomic mass is 9.91. The Morgan fingerprint density at radius 2 is 2.05 bits per heavy atom. The first-order valence-corrected chi connectivity index (χ1v) is 7.08. The molecule has 0 aromatic rings. The Morgan fingerprint density at radius 3 is 2.58 bits per heavy atom. The van der Waals surface area contributed by atoms with Crippen molar-refractivity contribution in [3.8, 4) is 0 Å². The minimum absolute atomic E-state index is 0.0810. The van der Waals surface area contributed by atoms with Gasteiger partial charge >= 0.3 is 6.03 Å². The molecule has 0 heterocycles. The van der Waals surface area contributed by atoms with Gasteiger partial charge in [-0.25, -0.2) is 13.6 Å². The van der Waals surface area contributed by atoms with Crippen LogP contribution >= 0.6 is 0 Å². The lowest BCUT2D eigenvalue weighted by Gasteiger charge is -2.39. The van der Waals surface area contributed by atoms with E-state index < -0.39 is 12.0 Å². The summed E-state index contributed by atoms with van der Waals surface area (Å²) >= 11 is 0. The van der Waals surface area contributed by atoms with Crippen LogP contribution in [0.4, 0.5) is 13.6 Å². The maximum Gasteiger partial charge on any atom is 0.317 e. The second-order valence-electron chi connectivity index (χ2n) is 5.60. The van der Waals surface area contributed by atoms with Crippen molar-refractivity contribution in [1.29, 1.82) is 0 Å². The summed E-state index contributed by atoms with van der Waals surface area (Å²) in [6.07, 6.45) is 3.67. The third kappa shape index (κ3) is 3.78. The number of hydrogen-bond donors (Lipinski definition) is 2. The molecule has 4 nitrogen and oxygen atoms in total. The Bertz CT molecular complexity index is 322. The minimum Gasteiger partial charge on any atom is -0.395 e. The van der Waals surface area contributed by atoms with Crippen LogP contribution in [0.1, 0.15) is 44.9 Å². The molecule has 2 aliphatic carbocycles. The SMILES string of the molecule is O=C(NC1CCCC(F)(F)C1)N(CCO)C1CCC1. The molecule has 0 aliphatic heterocycles. The number of nitrogens with one attached hydrogen (secondary N) is 1. The quantitative estimate of drug-likeness (QED) is 0.826. The number of amides is 2. The molecule has 0 bridgehead atoms. The van der Waals surface area contributed by atoms with Crippen LogP contribution in [0.15, 0.2) is 0 Å². The largest absolute Gasteiger partial charge is 0.395 e. The van der Waals surface area contributed by atoms with Crippen LogP contribution in [-0.4, -0.2) is 47.2 Å². The molecule has 2 amide bonds. The number of carbonyl (C=O) groups is 1.